The molecule has 0 atom stereocenters. The summed E-state index contributed by atoms with van der Waals surface area (Å²) in [5.74, 6) is -5.18. The van der Waals surface area contributed by atoms with Crippen LogP contribution in [-0.2, 0) is 11.2 Å². The van der Waals surface area contributed by atoms with Crippen molar-refractivity contribution < 1.29 is 23.4 Å². The lowest BCUT2D eigenvalue weighted by Crippen LogP contribution is -2.30. The molecule has 0 aliphatic carbocycles. The Morgan fingerprint density at radius 3 is 2.47 bits per heavy atom. The summed E-state index contributed by atoms with van der Waals surface area (Å²) < 4.78 is 31.3. The van der Waals surface area contributed by atoms with Gasteiger partial charge in [0.2, 0.25) is 0 Å². The Morgan fingerprint density at radius 1 is 1.21 bits per heavy atom. The second kappa shape index (κ2) is 4.84. The summed E-state index contributed by atoms with van der Waals surface area (Å²) in [5.41, 5.74) is 0.282. The lowest BCUT2D eigenvalue weighted by Gasteiger charge is -2.11. The van der Waals surface area contributed by atoms with E-state index < -0.39 is 18.3 Å². The Labute approximate surface area is 108 Å². The molecular formula is C14H12F2O3. The van der Waals surface area contributed by atoms with Gasteiger partial charge in [-0.05, 0) is 28.5 Å². The number of hydrogen-bond acceptors (Lipinski definition) is 2. The molecule has 2 aromatic rings. The van der Waals surface area contributed by atoms with E-state index in [1.807, 2.05) is 0 Å². The van der Waals surface area contributed by atoms with Crippen LogP contribution in [0.5, 0.6) is 5.75 Å². The molecule has 0 amide bonds. The Kier molecular flexibility index (Phi) is 3.38. The van der Waals surface area contributed by atoms with Crippen molar-refractivity contribution in [2.24, 2.45) is 0 Å². The molecule has 0 aromatic heterocycles. The van der Waals surface area contributed by atoms with Crippen LogP contribution in [0, 0.1) is 0 Å². The zero-order valence-corrected chi connectivity index (χ0v) is 10.2. The maximum Gasteiger partial charge on any atom is 0.374 e. The van der Waals surface area contributed by atoms with Gasteiger partial charge in [0.1, 0.15) is 5.75 Å². The number of hydrogen-bond donors (Lipinski definition) is 1. The molecule has 0 spiro atoms. The molecule has 0 saturated carbocycles. The molecule has 0 aliphatic rings. The van der Waals surface area contributed by atoms with Gasteiger partial charge in [-0.25, -0.2) is 4.79 Å². The maximum atomic E-state index is 13.1. The van der Waals surface area contributed by atoms with Crippen LogP contribution in [0.3, 0.4) is 0 Å². The first kappa shape index (κ1) is 13.3. The van der Waals surface area contributed by atoms with Crippen molar-refractivity contribution >= 4 is 16.7 Å². The predicted molar refractivity (Wildman–Crippen MR) is 66.8 cm³/mol. The van der Waals surface area contributed by atoms with Gasteiger partial charge < -0.3 is 9.84 Å². The molecule has 0 bridgehead atoms. The Morgan fingerprint density at radius 2 is 1.84 bits per heavy atom. The third-order valence-electron chi connectivity index (χ3n) is 2.85. The number of rotatable bonds is 4. The van der Waals surface area contributed by atoms with Crippen molar-refractivity contribution in [1.29, 1.82) is 0 Å². The third kappa shape index (κ3) is 2.81. The largest absolute Gasteiger partial charge is 0.497 e. The predicted octanol–water partition coefficient (Wildman–Crippen LogP) is 3.11. The minimum absolute atomic E-state index is 0.282. The maximum absolute atomic E-state index is 13.1. The fourth-order valence-electron chi connectivity index (χ4n) is 1.84. The van der Waals surface area contributed by atoms with E-state index in [4.69, 9.17) is 9.84 Å². The molecule has 0 unspecified atom stereocenters. The highest BCUT2D eigenvalue weighted by molar-refractivity contribution is 5.85. The fourth-order valence-corrected chi connectivity index (χ4v) is 1.84. The van der Waals surface area contributed by atoms with Crippen molar-refractivity contribution in [2.45, 2.75) is 12.3 Å². The topological polar surface area (TPSA) is 46.5 Å². The van der Waals surface area contributed by atoms with Crippen molar-refractivity contribution in [2.75, 3.05) is 7.11 Å². The number of carbonyl (C=O) groups is 1. The number of halogens is 2. The molecule has 0 fully saturated rings. The second-order valence-corrected chi connectivity index (χ2v) is 4.23. The molecule has 0 aliphatic heterocycles. The molecule has 100 valence electrons. The van der Waals surface area contributed by atoms with E-state index in [0.29, 0.717) is 5.75 Å². The van der Waals surface area contributed by atoms with Crippen molar-refractivity contribution in [1.82, 2.24) is 0 Å². The van der Waals surface area contributed by atoms with Gasteiger partial charge in [0.25, 0.3) is 0 Å². The van der Waals surface area contributed by atoms with E-state index in [1.165, 1.54) is 6.07 Å². The zero-order valence-electron chi connectivity index (χ0n) is 10.2. The first-order valence-electron chi connectivity index (χ1n) is 5.60. The van der Waals surface area contributed by atoms with Crippen LogP contribution in [0.2, 0.25) is 0 Å². The summed E-state index contributed by atoms with van der Waals surface area (Å²) in [5, 5.41) is 10.0. The average molecular weight is 266 g/mol. The third-order valence-corrected chi connectivity index (χ3v) is 2.85. The van der Waals surface area contributed by atoms with Gasteiger partial charge in [0.15, 0.2) is 0 Å². The number of aliphatic carboxylic acids is 1. The molecule has 3 nitrogen and oxygen atoms in total. The highest BCUT2D eigenvalue weighted by Gasteiger charge is 2.38. The van der Waals surface area contributed by atoms with E-state index in [-0.39, 0.29) is 5.56 Å². The van der Waals surface area contributed by atoms with Crippen LogP contribution in [-0.4, -0.2) is 24.1 Å². The summed E-state index contributed by atoms with van der Waals surface area (Å²) in [4.78, 5) is 10.4. The molecule has 0 heterocycles. The number of ether oxygens (including phenoxy) is 1. The van der Waals surface area contributed by atoms with Gasteiger partial charge in [-0.1, -0.05) is 24.3 Å². The average Bonchev–Trinajstić information content (AvgIpc) is 2.37. The second-order valence-electron chi connectivity index (χ2n) is 4.23. The van der Waals surface area contributed by atoms with Crippen LogP contribution in [0.4, 0.5) is 8.78 Å². The van der Waals surface area contributed by atoms with Gasteiger partial charge in [-0.2, -0.15) is 8.78 Å². The Balaban J connectivity index is 2.35. The first-order valence-corrected chi connectivity index (χ1v) is 5.60. The first-order chi connectivity index (χ1) is 8.92. The molecular weight excluding hydrogens is 254 g/mol. The summed E-state index contributed by atoms with van der Waals surface area (Å²) in [7, 11) is 1.54. The van der Waals surface area contributed by atoms with Crippen LogP contribution < -0.4 is 4.74 Å². The standard InChI is InChI=1S/C14H12F2O3/c1-19-12-5-4-10-6-9(2-3-11(10)7-12)8-14(15,16)13(17)18/h2-7H,8H2,1H3,(H,17,18). The van der Waals surface area contributed by atoms with Gasteiger partial charge in [-0.3, -0.25) is 0 Å². The van der Waals surface area contributed by atoms with Crippen LogP contribution in [0.15, 0.2) is 36.4 Å². The van der Waals surface area contributed by atoms with Crippen molar-refractivity contribution in [3.63, 3.8) is 0 Å². The van der Waals surface area contributed by atoms with Crippen LogP contribution >= 0.6 is 0 Å². The van der Waals surface area contributed by atoms with Gasteiger partial charge >= 0.3 is 11.9 Å². The number of carboxylic acids is 1. The molecule has 2 aromatic carbocycles. The van der Waals surface area contributed by atoms with E-state index in [2.05, 4.69) is 0 Å². The number of methoxy groups -OCH3 is 1. The zero-order chi connectivity index (χ0) is 14.0. The molecule has 0 saturated heterocycles. The molecule has 2 rings (SSSR count). The summed E-state index contributed by atoms with van der Waals surface area (Å²) in [6.45, 7) is 0. The fraction of sp³-hybridized carbons (Fsp3) is 0.214. The number of benzene rings is 2. The van der Waals surface area contributed by atoms with E-state index >= 15 is 0 Å². The Bertz CT molecular complexity index is 623. The summed E-state index contributed by atoms with van der Waals surface area (Å²) in [6, 6.07) is 9.99. The van der Waals surface area contributed by atoms with Crippen molar-refractivity contribution in [3.8, 4) is 5.75 Å². The van der Waals surface area contributed by atoms with Crippen LogP contribution in [0.25, 0.3) is 10.8 Å². The monoisotopic (exact) mass is 266 g/mol. The van der Waals surface area contributed by atoms with Gasteiger partial charge in [0.05, 0.1) is 7.11 Å². The normalized spacial score (nSPS) is 11.5. The van der Waals surface area contributed by atoms with E-state index in [9.17, 15) is 13.6 Å². The van der Waals surface area contributed by atoms with Gasteiger partial charge in [0, 0.05) is 6.42 Å². The molecule has 5 heteroatoms. The highest BCUT2D eigenvalue weighted by Crippen LogP contribution is 2.25. The highest BCUT2D eigenvalue weighted by atomic mass is 19.3. The van der Waals surface area contributed by atoms with E-state index in [0.717, 1.165) is 10.8 Å². The number of alkyl halides is 2. The Hall–Kier alpha value is -2.17. The molecule has 1 N–H and O–H groups in total. The lowest BCUT2D eigenvalue weighted by molar-refractivity contribution is -0.164. The molecule has 0 radical (unpaired) electrons. The van der Waals surface area contributed by atoms with E-state index in [1.54, 1.807) is 37.4 Å². The van der Waals surface area contributed by atoms with Gasteiger partial charge in [-0.15, -0.1) is 0 Å². The quantitative estimate of drug-likeness (QED) is 0.924. The minimum atomic E-state index is -3.75. The number of fused-ring (bicyclic) bond motifs is 1. The number of carboxylic acid groups (broad SMARTS) is 1. The van der Waals surface area contributed by atoms with Crippen molar-refractivity contribution in [3.05, 3.63) is 42.0 Å². The lowest BCUT2D eigenvalue weighted by atomic mass is 10.0. The summed E-state index contributed by atoms with van der Waals surface area (Å²) >= 11 is 0. The summed E-state index contributed by atoms with van der Waals surface area (Å²) in [6.07, 6.45) is -0.815. The smallest absolute Gasteiger partial charge is 0.374 e. The SMILES string of the molecule is COc1ccc2cc(CC(F)(F)C(=O)O)ccc2c1. The molecule has 19 heavy (non-hydrogen) atoms. The minimum Gasteiger partial charge on any atom is -0.497 e. The van der Waals surface area contributed by atoms with Crippen LogP contribution in [0.1, 0.15) is 5.56 Å².